The first-order chi connectivity index (χ1) is 7.37. The minimum Gasteiger partial charge on any atom is -0.330 e. The van der Waals surface area contributed by atoms with Gasteiger partial charge in [0.1, 0.15) is 0 Å². The second kappa shape index (κ2) is 3.34. The van der Waals surface area contributed by atoms with Crippen LogP contribution in [0.25, 0.3) is 0 Å². The van der Waals surface area contributed by atoms with Crippen LogP contribution < -0.4 is 5.73 Å². The molecule has 1 aromatic rings. The van der Waals surface area contributed by atoms with Gasteiger partial charge in [0.05, 0.1) is 0 Å². The zero-order chi connectivity index (χ0) is 10.3. The lowest BCUT2D eigenvalue weighted by molar-refractivity contribution is 0.539. The third-order valence-corrected chi connectivity index (χ3v) is 4.39. The summed E-state index contributed by atoms with van der Waals surface area (Å²) in [5.74, 6) is 0.761. The fourth-order valence-electron chi connectivity index (χ4n) is 3.44. The fourth-order valence-corrected chi connectivity index (χ4v) is 3.44. The lowest BCUT2D eigenvalue weighted by Crippen LogP contribution is -2.15. The highest BCUT2D eigenvalue weighted by molar-refractivity contribution is 5.41. The smallest absolute Gasteiger partial charge is 0.0000279 e. The number of nitrogens with two attached hydrogens (primary N) is 1. The molecule has 3 rings (SSSR count). The Labute approximate surface area is 91.7 Å². The number of aryl methyl sites for hydroxylation is 1. The van der Waals surface area contributed by atoms with Crippen LogP contribution in [-0.4, -0.2) is 6.54 Å². The van der Waals surface area contributed by atoms with E-state index >= 15 is 0 Å². The average molecular weight is 201 g/mol. The van der Waals surface area contributed by atoms with E-state index in [1.54, 1.807) is 11.1 Å². The van der Waals surface area contributed by atoms with E-state index in [0.29, 0.717) is 5.41 Å². The molecule has 2 unspecified atom stereocenters. The first-order valence-electron chi connectivity index (χ1n) is 6.15. The van der Waals surface area contributed by atoms with Crippen LogP contribution in [-0.2, 0) is 11.8 Å². The van der Waals surface area contributed by atoms with Crippen molar-refractivity contribution < 1.29 is 0 Å². The zero-order valence-corrected chi connectivity index (χ0v) is 9.21. The molecule has 0 bridgehead atoms. The Morgan fingerprint density at radius 3 is 2.93 bits per heavy atom. The van der Waals surface area contributed by atoms with Crippen molar-refractivity contribution in [3.05, 3.63) is 35.4 Å². The molecule has 2 N–H and O–H groups in total. The van der Waals surface area contributed by atoms with E-state index in [9.17, 15) is 0 Å². The molecule has 1 heteroatoms. The third kappa shape index (κ3) is 1.33. The van der Waals surface area contributed by atoms with Gasteiger partial charge in [0.25, 0.3) is 0 Å². The highest BCUT2D eigenvalue weighted by atomic mass is 14.7. The van der Waals surface area contributed by atoms with Crippen molar-refractivity contribution >= 4 is 0 Å². The molecule has 2 atom stereocenters. The molecule has 1 nitrogen and oxygen atoms in total. The van der Waals surface area contributed by atoms with Gasteiger partial charge in [-0.15, -0.1) is 0 Å². The van der Waals surface area contributed by atoms with Gasteiger partial charge >= 0.3 is 0 Å². The standard InChI is InChI=1S/C14H19N/c15-10-12-9-14(12)8-4-3-6-11-5-1-2-7-13(11)14/h1-2,5,7,12H,3-4,6,8-10,15H2. The largest absolute Gasteiger partial charge is 0.330 e. The van der Waals surface area contributed by atoms with Gasteiger partial charge < -0.3 is 5.73 Å². The van der Waals surface area contributed by atoms with Crippen LogP contribution in [0.2, 0.25) is 0 Å². The maximum absolute atomic E-state index is 5.85. The molecule has 1 aromatic carbocycles. The maximum atomic E-state index is 5.85. The van der Waals surface area contributed by atoms with Gasteiger partial charge in [-0.3, -0.25) is 0 Å². The summed E-state index contributed by atoms with van der Waals surface area (Å²) in [6.07, 6.45) is 6.71. The quantitative estimate of drug-likeness (QED) is 0.742. The Bertz CT molecular complexity index is 371. The van der Waals surface area contributed by atoms with Crippen LogP contribution >= 0.6 is 0 Å². The molecule has 0 heterocycles. The Kier molecular flexibility index (Phi) is 2.10. The first kappa shape index (κ1) is 9.41. The van der Waals surface area contributed by atoms with Crippen molar-refractivity contribution in [2.45, 2.75) is 37.5 Å². The summed E-state index contributed by atoms with van der Waals surface area (Å²) >= 11 is 0. The number of hydrogen-bond donors (Lipinski definition) is 1. The Morgan fingerprint density at radius 1 is 1.27 bits per heavy atom. The van der Waals surface area contributed by atoms with E-state index in [1.807, 2.05) is 0 Å². The summed E-state index contributed by atoms with van der Waals surface area (Å²) in [7, 11) is 0. The van der Waals surface area contributed by atoms with E-state index in [2.05, 4.69) is 24.3 Å². The molecule has 80 valence electrons. The molecule has 0 amide bonds. The van der Waals surface area contributed by atoms with Crippen molar-refractivity contribution in [3.8, 4) is 0 Å². The second-order valence-electron chi connectivity index (χ2n) is 5.16. The van der Waals surface area contributed by atoms with E-state index in [1.165, 1.54) is 32.1 Å². The number of fused-ring (bicyclic) bond motifs is 2. The number of hydrogen-bond acceptors (Lipinski definition) is 1. The number of rotatable bonds is 1. The summed E-state index contributed by atoms with van der Waals surface area (Å²) < 4.78 is 0. The van der Waals surface area contributed by atoms with Crippen LogP contribution in [0, 0.1) is 5.92 Å². The molecule has 0 aliphatic heterocycles. The van der Waals surface area contributed by atoms with Crippen LogP contribution in [0.3, 0.4) is 0 Å². The predicted octanol–water partition coefficient (Wildman–Crippen LogP) is 2.63. The van der Waals surface area contributed by atoms with Gasteiger partial charge in [-0.25, -0.2) is 0 Å². The Hall–Kier alpha value is -0.820. The lowest BCUT2D eigenvalue weighted by Gasteiger charge is -2.17. The molecule has 1 fully saturated rings. The summed E-state index contributed by atoms with van der Waals surface area (Å²) in [6.45, 7) is 0.869. The first-order valence-corrected chi connectivity index (χ1v) is 6.15. The lowest BCUT2D eigenvalue weighted by atomic mass is 9.87. The summed E-state index contributed by atoms with van der Waals surface area (Å²) in [5, 5.41) is 0. The highest BCUT2D eigenvalue weighted by Gasteiger charge is 2.54. The van der Waals surface area contributed by atoms with Crippen molar-refractivity contribution in [1.82, 2.24) is 0 Å². The van der Waals surface area contributed by atoms with Gasteiger partial charge in [-0.2, -0.15) is 0 Å². The normalized spacial score (nSPS) is 33.5. The molecule has 15 heavy (non-hydrogen) atoms. The molecule has 2 aliphatic rings. The molecule has 0 radical (unpaired) electrons. The molecule has 1 spiro atoms. The van der Waals surface area contributed by atoms with Crippen LogP contribution in [0.1, 0.15) is 36.8 Å². The van der Waals surface area contributed by atoms with Gasteiger partial charge in [0, 0.05) is 0 Å². The summed E-state index contributed by atoms with van der Waals surface area (Å²) in [4.78, 5) is 0. The second-order valence-corrected chi connectivity index (χ2v) is 5.16. The van der Waals surface area contributed by atoms with E-state index in [0.717, 1.165) is 12.5 Å². The molecule has 0 saturated heterocycles. The minimum absolute atomic E-state index is 0.488. The molecular weight excluding hydrogens is 182 g/mol. The SMILES string of the molecule is NCC1CC12CCCCc1ccccc12. The molecule has 0 aromatic heterocycles. The fraction of sp³-hybridized carbons (Fsp3) is 0.571. The van der Waals surface area contributed by atoms with Crippen LogP contribution in [0.5, 0.6) is 0 Å². The van der Waals surface area contributed by atoms with Crippen molar-refractivity contribution in [2.75, 3.05) is 6.54 Å². The topological polar surface area (TPSA) is 26.0 Å². The van der Waals surface area contributed by atoms with Crippen LogP contribution in [0.4, 0.5) is 0 Å². The molecular formula is C14H19N. The van der Waals surface area contributed by atoms with E-state index in [-0.39, 0.29) is 0 Å². The Balaban J connectivity index is 2.04. The highest BCUT2D eigenvalue weighted by Crippen LogP contribution is 2.58. The van der Waals surface area contributed by atoms with Crippen molar-refractivity contribution in [3.63, 3.8) is 0 Å². The maximum Gasteiger partial charge on any atom is -0.0000279 e. The van der Waals surface area contributed by atoms with Gasteiger partial charge in [0.2, 0.25) is 0 Å². The van der Waals surface area contributed by atoms with E-state index in [4.69, 9.17) is 5.73 Å². The molecule has 1 saturated carbocycles. The van der Waals surface area contributed by atoms with Gasteiger partial charge in [-0.1, -0.05) is 30.7 Å². The zero-order valence-electron chi connectivity index (χ0n) is 9.21. The van der Waals surface area contributed by atoms with Crippen LogP contribution in [0.15, 0.2) is 24.3 Å². The summed E-state index contributed by atoms with van der Waals surface area (Å²) in [5.41, 5.74) is 9.55. The van der Waals surface area contributed by atoms with Crippen molar-refractivity contribution in [1.29, 1.82) is 0 Å². The van der Waals surface area contributed by atoms with Gasteiger partial charge in [0.15, 0.2) is 0 Å². The minimum atomic E-state index is 0.488. The Morgan fingerprint density at radius 2 is 2.13 bits per heavy atom. The number of benzene rings is 1. The summed E-state index contributed by atoms with van der Waals surface area (Å²) in [6, 6.07) is 9.03. The van der Waals surface area contributed by atoms with Crippen molar-refractivity contribution in [2.24, 2.45) is 11.7 Å². The monoisotopic (exact) mass is 201 g/mol. The third-order valence-electron chi connectivity index (χ3n) is 4.39. The predicted molar refractivity (Wildman–Crippen MR) is 62.8 cm³/mol. The molecule has 2 aliphatic carbocycles. The average Bonchev–Trinajstić information content (AvgIpc) is 3.03. The van der Waals surface area contributed by atoms with Gasteiger partial charge in [-0.05, 0) is 54.7 Å². The van der Waals surface area contributed by atoms with E-state index < -0.39 is 0 Å².